The second-order valence-corrected chi connectivity index (χ2v) is 7.22. The van der Waals surface area contributed by atoms with Crippen molar-refractivity contribution in [2.75, 3.05) is 13.1 Å². The number of amides is 1. The van der Waals surface area contributed by atoms with Gasteiger partial charge in [0.2, 0.25) is 5.91 Å². The number of thiophene rings is 1. The Morgan fingerprint density at radius 3 is 3.05 bits per heavy atom. The molecule has 2 aliphatic rings. The molecule has 0 saturated carbocycles. The van der Waals surface area contributed by atoms with Crippen LogP contribution in [0.5, 0.6) is 0 Å². The van der Waals surface area contributed by atoms with Crippen molar-refractivity contribution in [1.82, 2.24) is 10.2 Å². The minimum atomic E-state index is 0.233. The lowest BCUT2D eigenvalue weighted by atomic mass is 10.1. The van der Waals surface area contributed by atoms with E-state index >= 15 is 0 Å². The highest BCUT2D eigenvalue weighted by molar-refractivity contribution is 7.19. The summed E-state index contributed by atoms with van der Waals surface area (Å²) >= 11 is 1.89. The van der Waals surface area contributed by atoms with Crippen molar-refractivity contribution in [2.45, 2.75) is 25.9 Å². The number of hydrogen-bond acceptors (Lipinski definition) is 3. The number of fused-ring (bicyclic) bond motifs is 2. The van der Waals surface area contributed by atoms with Crippen LogP contribution in [0.25, 0.3) is 10.1 Å². The first-order valence-corrected chi connectivity index (χ1v) is 8.01. The first-order chi connectivity index (χ1) is 9.70. The van der Waals surface area contributed by atoms with E-state index < -0.39 is 0 Å². The molecule has 4 heteroatoms. The van der Waals surface area contributed by atoms with Gasteiger partial charge in [0.15, 0.2) is 0 Å². The van der Waals surface area contributed by atoms with Gasteiger partial charge in [0.25, 0.3) is 0 Å². The Kier molecular flexibility index (Phi) is 2.82. The van der Waals surface area contributed by atoms with Gasteiger partial charge in [-0.15, -0.1) is 11.3 Å². The molecule has 0 spiro atoms. The van der Waals surface area contributed by atoms with E-state index in [-0.39, 0.29) is 5.91 Å². The number of carbonyl (C=O) groups excluding carboxylic acids is 1. The molecule has 2 saturated heterocycles. The fourth-order valence-corrected chi connectivity index (χ4v) is 4.68. The van der Waals surface area contributed by atoms with E-state index in [0.29, 0.717) is 18.4 Å². The van der Waals surface area contributed by atoms with E-state index in [2.05, 4.69) is 41.4 Å². The van der Waals surface area contributed by atoms with Crippen molar-refractivity contribution in [3.63, 3.8) is 0 Å². The van der Waals surface area contributed by atoms with Crippen LogP contribution in [0.15, 0.2) is 24.3 Å². The Morgan fingerprint density at radius 1 is 1.35 bits per heavy atom. The highest BCUT2D eigenvalue weighted by atomic mass is 32.1. The third kappa shape index (κ3) is 1.95. The summed E-state index contributed by atoms with van der Waals surface area (Å²) in [4.78, 5) is 15.3. The second-order valence-electron chi connectivity index (χ2n) is 5.97. The number of nitrogens with zero attached hydrogens (tertiary/aromatic N) is 1. The highest BCUT2D eigenvalue weighted by Gasteiger charge is 2.39. The Bertz CT molecular complexity index is 662. The van der Waals surface area contributed by atoms with Crippen molar-refractivity contribution in [3.05, 3.63) is 34.7 Å². The molecule has 0 aliphatic carbocycles. The maximum absolute atomic E-state index is 11.4. The van der Waals surface area contributed by atoms with Gasteiger partial charge in [-0.05, 0) is 23.9 Å². The van der Waals surface area contributed by atoms with Gasteiger partial charge in [-0.3, -0.25) is 9.69 Å². The fraction of sp³-hybridized carbons (Fsp3) is 0.438. The van der Waals surface area contributed by atoms with Crippen molar-refractivity contribution < 1.29 is 4.79 Å². The Balaban J connectivity index is 1.57. The van der Waals surface area contributed by atoms with Gasteiger partial charge in [-0.25, -0.2) is 0 Å². The predicted molar refractivity (Wildman–Crippen MR) is 81.9 cm³/mol. The maximum atomic E-state index is 11.4. The van der Waals surface area contributed by atoms with Gasteiger partial charge < -0.3 is 5.32 Å². The number of likely N-dealkylation sites (tertiary alicyclic amines) is 1. The lowest BCUT2D eigenvalue weighted by molar-refractivity contribution is -0.119. The lowest BCUT2D eigenvalue weighted by Crippen LogP contribution is -2.32. The maximum Gasteiger partial charge on any atom is 0.220 e. The summed E-state index contributed by atoms with van der Waals surface area (Å²) in [5.74, 6) is 0.754. The van der Waals surface area contributed by atoms with Gasteiger partial charge in [0.05, 0.1) is 0 Å². The second kappa shape index (κ2) is 4.57. The fourth-order valence-electron chi connectivity index (χ4n) is 3.61. The van der Waals surface area contributed by atoms with Crippen LogP contribution in [0.1, 0.15) is 16.9 Å². The number of benzene rings is 1. The molecule has 4 rings (SSSR count). The molecule has 3 heterocycles. The summed E-state index contributed by atoms with van der Waals surface area (Å²) in [6.45, 7) is 5.28. The molecule has 3 nitrogen and oxygen atoms in total. The normalized spacial score (nSPS) is 26.1. The summed E-state index contributed by atoms with van der Waals surface area (Å²) in [5, 5.41) is 4.50. The topological polar surface area (TPSA) is 32.3 Å². The molecule has 2 aliphatic heterocycles. The SMILES string of the molecule is Cc1sc2ccccc2c1CN1C[C@@H]2CC(=O)N[C@@H]2C1. The van der Waals surface area contributed by atoms with Gasteiger partial charge in [-0.2, -0.15) is 0 Å². The van der Waals surface area contributed by atoms with E-state index in [4.69, 9.17) is 0 Å². The molecule has 1 aromatic carbocycles. The number of rotatable bonds is 2. The van der Waals surface area contributed by atoms with Gasteiger partial charge in [0.1, 0.15) is 0 Å². The number of aryl methyl sites for hydroxylation is 1. The smallest absolute Gasteiger partial charge is 0.220 e. The third-order valence-corrected chi connectivity index (χ3v) is 5.72. The van der Waals surface area contributed by atoms with E-state index in [0.717, 1.165) is 19.6 Å². The van der Waals surface area contributed by atoms with Crippen LogP contribution in [0, 0.1) is 12.8 Å². The molecule has 2 fully saturated rings. The third-order valence-electron chi connectivity index (χ3n) is 4.59. The number of hydrogen-bond donors (Lipinski definition) is 1. The molecule has 2 atom stereocenters. The largest absolute Gasteiger partial charge is 0.352 e. The monoisotopic (exact) mass is 286 g/mol. The molecule has 1 N–H and O–H groups in total. The van der Waals surface area contributed by atoms with Gasteiger partial charge in [0, 0.05) is 47.6 Å². The summed E-state index contributed by atoms with van der Waals surface area (Å²) in [6.07, 6.45) is 0.713. The molecular weight excluding hydrogens is 268 g/mol. The van der Waals surface area contributed by atoms with Crippen LogP contribution in [0.4, 0.5) is 0 Å². The summed E-state index contributed by atoms with van der Waals surface area (Å²) in [6, 6.07) is 9.05. The molecule has 2 aromatic rings. The molecule has 0 radical (unpaired) electrons. The quantitative estimate of drug-likeness (QED) is 0.920. The first kappa shape index (κ1) is 12.4. The van der Waals surface area contributed by atoms with E-state index in [1.165, 1.54) is 20.5 Å². The molecule has 0 unspecified atom stereocenters. The minimum absolute atomic E-state index is 0.233. The standard InChI is InChI=1S/C16H18N2OS/c1-10-13(12-4-2-3-5-15(12)20-10)8-18-7-11-6-16(19)17-14(11)9-18/h2-5,11,14H,6-9H2,1H3,(H,17,19)/t11-,14+/m0/s1. The van der Waals surface area contributed by atoms with E-state index in [1.807, 2.05) is 11.3 Å². The molecular formula is C16H18N2OS. The summed E-state index contributed by atoms with van der Waals surface area (Å²) in [5.41, 5.74) is 1.47. The zero-order valence-electron chi connectivity index (χ0n) is 11.6. The molecule has 1 amide bonds. The van der Waals surface area contributed by atoms with Crippen LogP contribution < -0.4 is 5.32 Å². The zero-order chi connectivity index (χ0) is 13.7. The van der Waals surface area contributed by atoms with Crippen molar-refractivity contribution >= 4 is 27.3 Å². The number of nitrogens with one attached hydrogen (secondary N) is 1. The van der Waals surface area contributed by atoms with Gasteiger partial charge in [-0.1, -0.05) is 18.2 Å². The molecule has 20 heavy (non-hydrogen) atoms. The zero-order valence-corrected chi connectivity index (χ0v) is 12.4. The first-order valence-electron chi connectivity index (χ1n) is 7.19. The average molecular weight is 286 g/mol. The van der Waals surface area contributed by atoms with Crippen molar-refractivity contribution in [1.29, 1.82) is 0 Å². The molecule has 0 bridgehead atoms. The lowest BCUT2D eigenvalue weighted by Gasteiger charge is -2.17. The predicted octanol–water partition coefficient (Wildman–Crippen LogP) is 2.53. The highest BCUT2D eigenvalue weighted by Crippen LogP contribution is 2.33. The van der Waals surface area contributed by atoms with Crippen LogP contribution >= 0.6 is 11.3 Å². The Labute approximate surface area is 122 Å². The minimum Gasteiger partial charge on any atom is -0.352 e. The Hall–Kier alpha value is -1.39. The van der Waals surface area contributed by atoms with E-state index in [9.17, 15) is 4.79 Å². The number of carbonyl (C=O) groups is 1. The molecule has 1 aromatic heterocycles. The van der Waals surface area contributed by atoms with E-state index in [1.54, 1.807) is 0 Å². The average Bonchev–Trinajstić information content (AvgIpc) is 3.02. The summed E-state index contributed by atoms with van der Waals surface area (Å²) < 4.78 is 1.38. The summed E-state index contributed by atoms with van der Waals surface area (Å²) in [7, 11) is 0. The van der Waals surface area contributed by atoms with Gasteiger partial charge >= 0.3 is 0 Å². The molecule has 104 valence electrons. The van der Waals surface area contributed by atoms with Crippen LogP contribution in [0.3, 0.4) is 0 Å². The van der Waals surface area contributed by atoms with Crippen LogP contribution in [0.2, 0.25) is 0 Å². The van der Waals surface area contributed by atoms with Crippen LogP contribution in [-0.4, -0.2) is 29.9 Å². The van der Waals surface area contributed by atoms with Crippen molar-refractivity contribution in [2.24, 2.45) is 5.92 Å². The Morgan fingerprint density at radius 2 is 2.20 bits per heavy atom. The van der Waals surface area contributed by atoms with Crippen molar-refractivity contribution in [3.8, 4) is 0 Å². The van der Waals surface area contributed by atoms with Crippen LogP contribution in [-0.2, 0) is 11.3 Å².